The highest BCUT2D eigenvalue weighted by molar-refractivity contribution is 7.91. The molecule has 0 atom stereocenters. The first-order valence-corrected chi connectivity index (χ1v) is 14.7. The van der Waals surface area contributed by atoms with Crippen LogP contribution in [0.15, 0.2) is 63.6 Å². The SMILES string of the molecule is CCCS(=O)(=O)c1cc(-c2cc(-c3cc(C(F)(F)F)c(C#N)c(=O)n3Cc3ccc(F)cc3F)cs2)cc(C(F)(F)F)c1. The average Bonchev–Trinajstić information content (AvgIpc) is 3.39. The summed E-state index contributed by atoms with van der Waals surface area (Å²) < 4.78 is 136. The van der Waals surface area contributed by atoms with E-state index in [9.17, 15) is 53.6 Å². The van der Waals surface area contributed by atoms with Crippen LogP contribution in [0.1, 0.15) is 35.6 Å². The number of alkyl halides is 6. The van der Waals surface area contributed by atoms with Gasteiger partial charge in [0, 0.05) is 27.5 Å². The van der Waals surface area contributed by atoms with Gasteiger partial charge in [0.2, 0.25) is 0 Å². The Morgan fingerprint density at radius 2 is 1.63 bits per heavy atom. The molecule has 4 rings (SSSR count). The summed E-state index contributed by atoms with van der Waals surface area (Å²) in [7, 11) is -4.11. The van der Waals surface area contributed by atoms with Crippen molar-refractivity contribution in [3.8, 4) is 27.8 Å². The summed E-state index contributed by atoms with van der Waals surface area (Å²) >= 11 is 0.751. The number of nitriles is 1. The summed E-state index contributed by atoms with van der Waals surface area (Å²) in [5, 5.41) is 10.6. The molecule has 0 aliphatic carbocycles. The summed E-state index contributed by atoms with van der Waals surface area (Å²) in [6, 6.07) is 7.35. The number of halogens is 8. The average molecular weight is 647 g/mol. The Morgan fingerprint density at radius 3 is 2.21 bits per heavy atom. The molecule has 0 amide bonds. The molecule has 15 heteroatoms. The lowest BCUT2D eigenvalue weighted by atomic mass is 10.0. The lowest BCUT2D eigenvalue weighted by molar-refractivity contribution is -0.138. The molecule has 2 aromatic heterocycles. The molecule has 0 N–H and O–H groups in total. The van der Waals surface area contributed by atoms with Gasteiger partial charge in [0.1, 0.15) is 23.3 Å². The maximum Gasteiger partial charge on any atom is 0.417 e. The van der Waals surface area contributed by atoms with Crippen LogP contribution in [0.5, 0.6) is 0 Å². The van der Waals surface area contributed by atoms with E-state index in [4.69, 9.17) is 0 Å². The first-order valence-electron chi connectivity index (χ1n) is 12.2. The van der Waals surface area contributed by atoms with E-state index in [0.717, 1.165) is 35.6 Å². The van der Waals surface area contributed by atoms with Crippen molar-refractivity contribution in [1.82, 2.24) is 4.57 Å². The van der Waals surface area contributed by atoms with Crippen molar-refractivity contribution in [2.24, 2.45) is 0 Å². The molecular formula is C28H18F8N2O3S2. The van der Waals surface area contributed by atoms with Crippen molar-refractivity contribution in [3.63, 3.8) is 0 Å². The highest BCUT2D eigenvalue weighted by atomic mass is 32.2. The van der Waals surface area contributed by atoms with Crippen LogP contribution < -0.4 is 5.56 Å². The number of rotatable bonds is 7. The fourth-order valence-corrected chi connectivity index (χ4v) is 6.57. The van der Waals surface area contributed by atoms with Crippen molar-refractivity contribution in [3.05, 3.63) is 98.2 Å². The number of thiophene rings is 1. The van der Waals surface area contributed by atoms with Gasteiger partial charge < -0.3 is 4.57 Å². The zero-order chi connectivity index (χ0) is 31.9. The third-order valence-electron chi connectivity index (χ3n) is 6.31. The van der Waals surface area contributed by atoms with E-state index in [1.165, 1.54) is 18.4 Å². The molecule has 5 nitrogen and oxygen atoms in total. The number of hydrogen-bond acceptors (Lipinski definition) is 5. The standard InChI is InChI=1S/C28H18F8N2O3S2/c1-2-5-43(40,41)20-7-16(6-18(9-20)27(31,32)33)25-8-17(14-42-25)24-11-22(28(34,35)36)21(12-37)26(39)38(24)13-15-3-4-19(29)10-23(15)30/h3-4,6-11,14H,2,5,13H2,1H3. The first-order chi connectivity index (χ1) is 20.0. The van der Waals surface area contributed by atoms with E-state index < -0.39 is 79.0 Å². The normalized spacial score (nSPS) is 12.4. The minimum atomic E-state index is -5.17. The fourth-order valence-electron chi connectivity index (χ4n) is 4.29. The largest absolute Gasteiger partial charge is 0.417 e. The quantitative estimate of drug-likeness (QED) is 0.193. The van der Waals surface area contributed by atoms with Crippen LogP contribution in [0, 0.1) is 23.0 Å². The predicted octanol–water partition coefficient (Wildman–Crippen LogP) is 7.66. The van der Waals surface area contributed by atoms with Gasteiger partial charge in [0.25, 0.3) is 5.56 Å². The molecule has 0 fully saturated rings. The Balaban J connectivity index is 1.96. The molecule has 0 aliphatic heterocycles. The number of sulfone groups is 1. The third kappa shape index (κ3) is 6.65. The number of nitrogens with zero attached hydrogens (tertiary/aromatic N) is 2. The van der Waals surface area contributed by atoms with Gasteiger partial charge in [-0.25, -0.2) is 17.2 Å². The molecule has 2 heterocycles. The van der Waals surface area contributed by atoms with Crippen LogP contribution in [0.3, 0.4) is 0 Å². The van der Waals surface area contributed by atoms with Gasteiger partial charge in [0.15, 0.2) is 9.84 Å². The van der Waals surface area contributed by atoms with E-state index in [2.05, 4.69) is 0 Å². The van der Waals surface area contributed by atoms with Crippen LogP contribution in [0.2, 0.25) is 0 Å². The molecule has 0 saturated heterocycles. The Hall–Kier alpha value is -4.03. The molecule has 0 radical (unpaired) electrons. The van der Waals surface area contributed by atoms with Crippen molar-refractivity contribution >= 4 is 21.2 Å². The Labute approximate surface area is 243 Å². The van der Waals surface area contributed by atoms with Crippen LogP contribution in [-0.2, 0) is 28.7 Å². The molecule has 43 heavy (non-hydrogen) atoms. The zero-order valence-corrected chi connectivity index (χ0v) is 23.4. The van der Waals surface area contributed by atoms with Gasteiger partial charge in [0.05, 0.1) is 34.0 Å². The molecule has 0 unspecified atom stereocenters. The summed E-state index contributed by atoms with van der Waals surface area (Å²) in [5.74, 6) is -2.50. The molecule has 4 aromatic rings. The molecule has 2 aromatic carbocycles. The first kappa shape index (κ1) is 31.9. The summed E-state index contributed by atoms with van der Waals surface area (Å²) in [4.78, 5) is 12.6. The van der Waals surface area contributed by atoms with Crippen LogP contribution in [-0.4, -0.2) is 18.7 Å². The Kier molecular flexibility index (Phi) is 8.58. The van der Waals surface area contributed by atoms with Gasteiger partial charge >= 0.3 is 12.4 Å². The molecule has 0 bridgehead atoms. The monoisotopic (exact) mass is 646 g/mol. The van der Waals surface area contributed by atoms with Crippen LogP contribution in [0.4, 0.5) is 35.1 Å². The molecule has 0 saturated carbocycles. The minimum Gasteiger partial charge on any atom is -0.303 e. The molecule has 0 aliphatic rings. The second kappa shape index (κ2) is 11.6. The highest BCUT2D eigenvalue weighted by Gasteiger charge is 2.37. The van der Waals surface area contributed by atoms with Gasteiger partial charge in [-0.1, -0.05) is 13.0 Å². The van der Waals surface area contributed by atoms with E-state index in [1.807, 2.05) is 0 Å². The maximum absolute atomic E-state index is 14.5. The third-order valence-corrected chi connectivity index (χ3v) is 9.19. The van der Waals surface area contributed by atoms with Crippen molar-refractivity contribution in [2.45, 2.75) is 37.1 Å². The number of aromatic nitrogens is 1. The number of pyridine rings is 1. The number of benzene rings is 2. The van der Waals surface area contributed by atoms with E-state index in [-0.39, 0.29) is 28.0 Å². The maximum atomic E-state index is 14.5. The smallest absolute Gasteiger partial charge is 0.303 e. The van der Waals surface area contributed by atoms with E-state index in [0.29, 0.717) is 28.8 Å². The lowest BCUT2D eigenvalue weighted by Crippen LogP contribution is -2.29. The Bertz CT molecular complexity index is 1920. The summed E-state index contributed by atoms with van der Waals surface area (Å²) in [5.41, 5.74) is -6.66. The highest BCUT2D eigenvalue weighted by Crippen LogP contribution is 2.40. The van der Waals surface area contributed by atoms with Gasteiger partial charge in [-0.3, -0.25) is 4.79 Å². The predicted molar refractivity (Wildman–Crippen MR) is 142 cm³/mol. The summed E-state index contributed by atoms with van der Waals surface area (Å²) in [6.07, 6.45) is -9.97. The van der Waals surface area contributed by atoms with E-state index >= 15 is 0 Å². The van der Waals surface area contributed by atoms with Gasteiger partial charge in [-0.15, -0.1) is 11.3 Å². The fraction of sp³-hybridized carbons (Fsp3) is 0.214. The van der Waals surface area contributed by atoms with Crippen molar-refractivity contribution in [2.75, 3.05) is 5.75 Å². The van der Waals surface area contributed by atoms with Gasteiger partial charge in [-0.2, -0.15) is 31.6 Å². The van der Waals surface area contributed by atoms with Crippen molar-refractivity contribution in [1.29, 1.82) is 5.26 Å². The second-order valence-corrected chi connectivity index (χ2v) is 12.3. The van der Waals surface area contributed by atoms with Crippen LogP contribution >= 0.6 is 11.3 Å². The number of hydrogen-bond donors (Lipinski definition) is 0. The zero-order valence-electron chi connectivity index (χ0n) is 21.8. The molecule has 0 spiro atoms. The minimum absolute atomic E-state index is 0.0129. The Morgan fingerprint density at radius 1 is 0.930 bits per heavy atom. The topological polar surface area (TPSA) is 79.9 Å². The summed E-state index contributed by atoms with van der Waals surface area (Å²) in [6.45, 7) is 0.809. The van der Waals surface area contributed by atoms with Crippen molar-refractivity contribution < 1.29 is 43.5 Å². The second-order valence-electron chi connectivity index (χ2n) is 9.32. The van der Waals surface area contributed by atoms with Gasteiger partial charge in [-0.05, 0) is 48.4 Å². The van der Waals surface area contributed by atoms with E-state index in [1.54, 1.807) is 0 Å². The molecular weight excluding hydrogens is 628 g/mol. The lowest BCUT2D eigenvalue weighted by Gasteiger charge is -2.17. The van der Waals surface area contributed by atoms with Crippen LogP contribution in [0.25, 0.3) is 21.7 Å². The molecule has 226 valence electrons.